The lowest BCUT2D eigenvalue weighted by molar-refractivity contribution is 0.0440. The minimum atomic E-state index is 0.470. The summed E-state index contributed by atoms with van der Waals surface area (Å²) in [7, 11) is 0. The summed E-state index contributed by atoms with van der Waals surface area (Å²) in [6.07, 6.45) is 9.72. The van der Waals surface area contributed by atoms with Gasteiger partial charge in [-0.3, -0.25) is 4.90 Å². The van der Waals surface area contributed by atoms with Gasteiger partial charge in [-0.2, -0.15) is 0 Å². The highest BCUT2D eigenvalue weighted by Crippen LogP contribution is 2.32. The van der Waals surface area contributed by atoms with Gasteiger partial charge in [0.1, 0.15) is 0 Å². The molecule has 2 heteroatoms. The summed E-state index contributed by atoms with van der Waals surface area (Å²) in [5.74, 6) is 0.845. The summed E-state index contributed by atoms with van der Waals surface area (Å²) < 4.78 is 0. The predicted molar refractivity (Wildman–Crippen MR) is 78.9 cm³/mol. The smallest absolute Gasteiger partial charge is 0.0309 e. The van der Waals surface area contributed by atoms with E-state index in [-0.39, 0.29) is 0 Å². The van der Waals surface area contributed by atoms with Crippen molar-refractivity contribution >= 4 is 0 Å². The molecule has 0 radical (unpaired) electrons. The standard InChI is InChI=1S/C16H32N2/c1-4-14(3)12-18-13-16(9-7-6-8-10-16)17-11-15(18)5-2/h14-15,17H,4-13H2,1-3H3. The van der Waals surface area contributed by atoms with Crippen molar-refractivity contribution in [3.63, 3.8) is 0 Å². The fraction of sp³-hybridized carbons (Fsp3) is 1.00. The molecule has 2 fully saturated rings. The molecule has 2 unspecified atom stereocenters. The van der Waals surface area contributed by atoms with Gasteiger partial charge in [-0.25, -0.2) is 0 Å². The van der Waals surface area contributed by atoms with Crippen LogP contribution in [0.4, 0.5) is 0 Å². The van der Waals surface area contributed by atoms with Crippen LogP contribution >= 0.6 is 0 Å². The predicted octanol–water partition coefficient (Wildman–Crippen LogP) is 3.42. The normalized spacial score (nSPS) is 30.5. The molecule has 1 aliphatic heterocycles. The molecular formula is C16H32N2. The molecule has 106 valence electrons. The Morgan fingerprint density at radius 2 is 1.94 bits per heavy atom. The first kappa shape index (κ1) is 14.3. The van der Waals surface area contributed by atoms with Crippen LogP contribution in [-0.4, -0.2) is 36.1 Å². The molecule has 2 aliphatic rings. The fourth-order valence-electron chi connectivity index (χ4n) is 3.75. The third-order valence-electron chi connectivity index (χ3n) is 5.26. The SMILES string of the molecule is CCC(C)CN1CC2(CCCCC2)NCC1CC. The van der Waals surface area contributed by atoms with Crippen LogP contribution in [0.5, 0.6) is 0 Å². The van der Waals surface area contributed by atoms with E-state index in [1.54, 1.807) is 0 Å². The van der Waals surface area contributed by atoms with Crippen molar-refractivity contribution in [2.45, 2.75) is 77.3 Å². The number of hydrogen-bond donors (Lipinski definition) is 1. The van der Waals surface area contributed by atoms with E-state index < -0.39 is 0 Å². The topological polar surface area (TPSA) is 15.3 Å². The Morgan fingerprint density at radius 1 is 1.22 bits per heavy atom. The molecule has 0 aromatic carbocycles. The first-order valence-electron chi connectivity index (χ1n) is 8.18. The minimum Gasteiger partial charge on any atom is -0.308 e. The Morgan fingerprint density at radius 3 is 2.56 bits per heavy atom. The number of hydrogen-bond acceptors (Lipinski definition) is 2. The van der Waals surface area contributed by atoms with Crippen molar-refractivity contribution in [3.8, 4) is 0 Å². The van der Waals surface area contributed by atoms with E-state index in [4.69, 9.17) is 0 Å². The summed E-state index contributed by atoms with van der Waals surface area (Å²) in [6, 6.07) is 0.770. The molecule has 2 rings (SSSR count). The Kier molecular flexibility index (Phi) is 5.08. The molecule has 2 atom stereocenters. The third kappa shape index (κ3) is 3.27. The number of nitrogens with zero attached hydrogens (tertiary/aromatic N) is 1. The van der Waals surface area contributed by atoms with E-state index in [9.17, 15) is 0 Å². The quantitative estimate of drug-likeness (QED) is 0.825. The first-order valence-corrected chi connectivity index (χ1v) is 8.18. The maximum atomic E-state index is 3.92. The highest BCUT2D eigenvalue weighted by molar-refractivity contribution is 4.99. The first-order chi connectivity index (χ1) is 8.69. The Hall–Kier alpha value is -0.0800. The van der Waals surface area contributed by atoms with Gasteiger partial charge in [0.05, 0.1) is 0 Å². The van der Waals surface area contributed by atoms with E-state index in [0.29, 0.717) is 5.54 Å². The van der Waals surface area contributed by atoms with Gasteiger partial charge in [0.2, 0.25) is 0 Å². The lowest BCUT2D eigenvalue weighted by atomic mass is 9.79. The second kappa shape index (κ2) is 6.38. The molecule has 0 aromatic rings. The van der Waals surface area contributed by atoms with Crippen LogP contribution in [0, 0.1) is 5.92 Å². The monoisotopic (exact) mass is 252 g/mol. The second-order valence-electron chi connectivity index (χ2n) is 6.73. The molecule has 1 spiro atoms. The van der Waals surface area contributed by atoms with Crippen LogP contribution in [0.25, 0.3) is 0 Å². The van der Waals surface area contributed by atoms with Crippen LogP contribution < -0.4 is 5.32 Å². The van der Waals surface area contributed by atoms with Crippen molar-refractivity contribution < 1.29 is 0 Å². The Labute approximate surface area is 114 Å². The van der Waals surface area contributed by atoms with Crippen molar-refractivity contribution in [3.05, 3.63) is 0 Å². The molecule has 1 saturated heterocycles. The molecule has 0 aromatic heterocycles. The highest BCUT2D eigenvalue weighted by atomic mass is 15.3. The minimum absolute atomic E-state index is 0.470. The zero-order valence-electron chi connectivity index (χ0n) is 12.7. The van der Waals surface area contributed by atoms with Gasteiger partial charge >= 0.3 is 0 Å². The van der Waals surface area contributed by atoms with Crippen molar-refractivity contribution in [1.29, 1.82) is 0 Å². The van der Waals surface area contributed by atoms with E-state index in [0.717, 1.165) is 12.0 Å². The molecule has 1 N–H and O–H groups in total. The van der Waals surface area contributed by atoms with E-state index >= 15 is 0 Å². The average molecular weight is 252 g/mol. The molecule has 0 amide bonds. The van der Waals surface area contributed by atoms with Gasteiger partial charge in [-0.1, -0.05) is 46.5 Å². The van der Waals surface area contributed by atoms with E-state index in [2.05, 4.69) is 31.0 Å². The molecular weight excluding hydrogens is 220 g/mol. The summed E-state index contributed by atoms with van der Waals surface area (Å²) in [5.41, 5.74) is 0.470. The Balaban J connectivity index is 1.98. The van der Waals surface area contributed by atoms with Gasteiger partial charge in [0.15, 0.2) is 0 Å². The van der Waals surface area contributed by atoms with Gasteiger partial charge in [0, 0.05) is 31.2 Å². The Bertz CT molecular complexity index is 245. The zero-order valence-corrected chi connectivity index (χ0v) is 12.7. The summed E-state index contributed by atoms with van der Waals surface area (Å²) in [4.78, 5) is 2.80. The average Bonchev–Trinajstić information content (AvgIpc) is 2.40. The molecule has 2 nitrogen and oxygen atoms in total. The van der Waals surface area contributed by atoms with Crippen molar-refractivity contribution in [2.24, 2.45) is 5.92 Å². The van der Waals surface area contributed by atoms with Gasteiger partial charge < -0.3 is 5.32 Å². The number of nitrogens with one attached hydrogen (secondary N) is 1. The largest absolute Gasteiger partial charge is 0.308 e. The molecule has 1 heterocycles. The van der Waals surface area contributed by atoms with Gasteiger partial charge in [-0.05, 0) is 25.2 Å². The maximum Gasteiger partial charge on any atom is 0.0309 e. The molecule has 1 saturated carbocycles. The molecule has 18 heavy (non-hydrogen) atoms. The van der Waals surface area contributed by atoms with Gasteiger partial charge in [0.25, 0.3) is 0 Å². The lowest BCUT2D eigenvalue weighted by Gasteiger charge is -2.50. The van der Waals surface area contributed by atoms with Crippen LogP contribution in [0.3, 0.4) is 0 Å². The lowest BCUT2D eigenvalue weighted by Crippen LogP contribution is -2.65. The van der Waals surface area contributed by atoms with Crippen LogP contribution in [-0.2, 0) is 0 Å². The summed E-state index contributed by atoms with van der Waals surface area (Å²) in [5, 5.41) is 3.92. The van der Waals surface area contributed by atoms with Gasteiger partial charge in [-0.15, -0.1) is 0 Å². The van der Waals surface area contributed by atoms with E-state index in [1.165, 1.54) is 64.6 Å². The van der Waals surface area contributed by atoms with Crippen molar-refractivity contribution in [2.75, 3.05) is 19.6 Å². The number of piperazine rings is 1. The third-order valence-corrected chi connectivity index (χ3v) is 5.26. The summed E-state index contributed by atoms with van der Waals surface area (Å²) in [6.45, 7) is 10.9. The van der Waals surface area contributed by atoms with Crippen LogP contribution in [0.15, 0.2) is 0 Å². The fourth-order valence-corrected chi connectivity index (χ4v) is 3.75. The highest BCUT2D eigenvalue weighted by Gasteiger charge is 2.39. The molecule has 0 bridgehead atoms. The van der Waals surface area contributed by atoms with E-state index in [1.807, 2.05) is 0 Å². The second-order valence-corrected chi connectivity index (χ2v) is 6.73. The summed E-state index contributed by atoms with van der Waals surface area (Å²) >= 11 is 0. The van der Waals surface area contributed by atoms with Crippen LogP contribution in [0.1, 0.15) is 65.7 Å². The molecule has 1 aliphatic carbocycles. The zero-order chi connectivity index (χ0) is 13.0. The van der Waals surface area contributed by atoms with Crippen LogP contribution in [0.2, 0.25) is 0 Å². The maximum absolute atomic E-state index is 3.92. The number of rotatable bonds is 4. The van der Waals surface area contributed by atoms with Crippen molar-refractivity contribution in [1.82, 2.24) is 10.2 Å².